The molecule has 4 rings (SSSR count). The van der Waals surface area contributed by atoms with Gasteiger partial charge in [-0.05, 0) is 75.2 Å². The van der Waals surface area contributed by atoms with Gasteiger partial charge in [-0.15, -0.1) is 0 Å². The second-order valence-corrected chi connectivity index (χ2v) is 13.8. The molecule has 1 atom stereocenters. The number of carbonyl (C=O) groups excluding carboxylic acids is 2. The summed E-state index contributed by atoms with van der Waals surface area (Å²) in [6, 6.07) is 30.8. The van der Waals surface area contributed by atoms with Crippen LogP contribution in [0.5, 0.6) is 5.75 Å². The number of methoxy groups -OCH3 is 1. The fraction of sp³-hybridized carbons (Fsp3) is 0.278. The van der Waals surface area contributed by atoms with E-state index in [1.807, 2.05) is 70.2 Å². The van der Waals surface area contributed by atoms with E-state index in [1.165, 1.54) is 17.0 Å². The molecule has 45 heavy (non-hydrogen) atoms. The molecule has 4 aromatic rings. The lowest BCUT2D eigenvalue weighted by Gasteiger charge is -2.35. The van der Waals surface area contributed by atoms with E-state index in [1.54, 1.807) is 61.7 Å². The molecule has 0 aliphatic heterocycles. The summed E-state index contributed by atoms with van der Waals surface area (Å²) >= 11 is 0. The zero-order valence-electron chi connectivity index (χ0n) is 26.4. The van der Waals surface area contributed by atoms with Crippen LogP contribution in [0.15, 0.2) is 114 Å². The lowest BCUT2D eigenvalue weighted by atomic mass is 10.0. The Balaban J connectivity index is 1.82. The lowest BCUT2D eigenvalue weighted by Crippen LogP contribution is -2.56. The van der Waals surface area contributed by atoms with Gasteiger partial charge in [0.15, 0.2) is 0 Å². The number of anilines is 1. The first-order valence-electron chi connectivity index (χ1n) is 14.8. The van der Waals surface area contributed by atoms with E-state index in [4.69, 9.17) is 4.74 Å². The van der Waals surface area contributed by atoms with E-state index in [9.17, 15) is 18.0 Å². The Morgan fingerprint density at radius 1 is 0.822 bits per heavy atom. The van der Waals surface area contributed by atoms with Crippen molar-refractivity contribution in [2.75, 3.05) is 18.0 Å². The van der Waals surface area contributed by atoms with E-state index in [2.05, 4.69) is 5.32 Å². The van der Waals surface area contributed by atoms with Crippen LogP contribution >= 0.6 is 0 Å². The molecule has 0 aliphatic rings. The van der Waals surface area contributed by atoms with E-state index in [0.717, 1.165) is 21.0 Å². The zero-order chi connectivity index (χ0) is 32.6. The number of sulfonamides is 1. The summed E-state index contributed by atoms with van der Waals surface area (Å²) in [5.41, 5.74) is 2.32. The Kier molecular flexibility index (Phi) is 10.7. The first-order chi connectivity index (χ1) is 21.4. The summed E-state index contributed by atoms with van der Waals surface area (Å²) < 4.78 is 34.7. The fourth-order valence-electron chi connectivity index (χ4n) is 4.93. The Morgan fingerprint density at radius 2 is 1.42 bits per heavy atom. The Morgan fingerprint density at radius 3 is 2.02 bits per heavy atom. The van der Waals surface area contributed by atoms with Crippen molar-refractivity contribution in [1.82, 2.24) is 10.2 Å². The van der Waals surface area contributed by atoms with Gasteiger partial charge in [-0.25, -0.2) is 8.42 Å². The van der Waals surface area contributed by atoms with Crippen molar-refractivity contribution in [3.8, 4) is 5.75 Å². The Bertz CT molecular complexity index is 1690. The second-order valence-electron chi connectivity index (χ2n) is 12.0. The molecule has 2 amide bonds. The molecule has 1 N–H and O–H groups in total. The van der Waals surface area contributed by atoms with E-state index in [-0.39, 0.29) is 23.8 Å². The Labute approximate surface area is 266 Å². The second kappa shape index (κ2) is 14.4. The largest absolute Gasteiger partial charge is 0.497 e. The average Bonchev–Trinajstić information content (AvgIpc) is 3.02. The number of carbonyl (C=O) groups is 2. The summed E-state index contributed by atoms with van der Waals surface area (Å²) in [6.07, 6.45) is 0.231. The number of hydrogen-bond acceptors (Lipinski definition) is 5. The van der Waals surface area contributed by atoms with Crippen LogP contribution in [-0.2, 0) is 32.6 Å². The summed E-state index contributed by atoms with van der Waals surface area (Å²) in [5.74, 6) is -0.259. The number of ether oxygens (including phenoxy) is 1. The van der Waals surface area contributed by atoms with E-state index >= 15 is 0 Å². The van der Waals surface area contributed by atoms with Gasteiger partial charge in [-0.2, -0.15) is 0 Å². The van der Waals surface area contributed by atoms with Crippen molar-refractivity contribution in [3.05, 3.63) is 126 Å². The highest BCUT2D eigenvalue weighted by atomic mass is 32.2. The molecule has 0 heterocycles. The quantitative estimate of drug-likeness (QED) is 0.216. The minimum absolute atomic E-state index is 0.0538. The third-order valence-corrected chi connectivity index (χ3v) is 8.98. The summed E-state index contributed by atoms with van der Waals surface area (Å²) in [5, 5.41) is 3.04. The SMILES string of the molecule is COc1cccc(CN(C(=O)CN(c2ccc(C)cc2)S(=O)(=O)c2ccccc2)[C@H](Cc2ccccc2)C(=O)NC(C)(C)C)c1. The molecule has 0 radical (unpaired) electrons. The number of hydrogen-bond donors (Lipinski definition) is 1. The zero-order valence-corrected chi connectivity index (χ0v) is 27.3. The summed E-state index contributed by atoms with van der Waals surface area (Å²) in [6.45, 7) is 7.08. The summed E-state index contributed by atoms with van der Waals surface area (Å²) in [4.78, 5) is 30.0. The van der Waals surface area contributed by atoms with Gasteiger partial charge >= 0.3 is 0 Å². The number of benzene rings is 4. The molecule has 4 aromatic carbocycles. The molecule has 0 aromatic heterocycles. The van der Waals surface area contributed by atoms with Crippen LogP contribution in [0.25, 0.3) is 0 Å². The van der Waals surface area contributed by atoms with Crippen molar-refractivity contribution in [2.24, 2.45) is 0 Å². The fourth-order valence-corrected chi connectivity index (χ4v) is 6.37. The maximum atomic E-state index is 14.5. The number of aryl methyl sites for hydroxylation is 1. The molecule has 0 saturated carbocycles. The van der Waals surface area contributed by atoms with Crippen LogP contribution in [0.2, 0.25) is 0 Å². The third-order valence-electron chi connectivity index (χ3n) is 7.19. The first-order valence-corrected chi connectivity index (χ1v) is 16.2. The standard InChI is InChI=1S/C36H41N3O5S/c1-27-19-21-30(22-20-27)39(45(42,43)32-17-10-7-11-18-32)26-34(40)38(25-29-15-12-16-31(23-29)44-5)33(35(41)37-36(2,3)4)24-28-13-8-6-9-14-28/h6-23,33H,24-26H2,1-5H3,(H,37,41)/t33-/m1/s1. The van der Waals surface area contributed by atoms with Gasteiger partial charge < -0.3 is 15.0 Å². The molecule has 0 saturated heterocycles. The van der Waals surface area contributed by atoms with Gasteiger partial charge in [0.05, 0.1) is 17.7 Å². The molecule has 0 fully saturated rings. The molecule has 236 valence electrons. The van der Waals surface area contributed by atoms with E-state index in [0.29, 0.717) is 11.4 Å². The molecule has 0 unspecified atom stereocenters. The first kappa shape index (κ1) is 33.3. The molecule has 0 spiro atoms. The van der Waals surface area contributed by atoms with Crippen LogP contribution in [-0.4, -0.2) is 50.4 Å². The predicted octanol–water partition coefficient (Wildman–Crippen LogP) is 5.75. The van der Waals surface area contributed by atoms with Gasteiger partial charge in [0, 0.05) is 18.5 Å². The van der Waals surface area contributed by atoms with Gasteiger partial charge in [0.1, 0.15) is 18.3 Å². The topological polar surface area (TPSA) is 96.0 Å². The van der Waals surface area contributed by atoms with Crippen LogP contribution in [0.4, 0.5) is 5.69 Å². The van der Waals surface area contributed by atoms with Crippen molar-refractivity contribution in [2.45, 2.75) is 57.1 Å². The number of rotatable bonds is 12. The van der Waals surface area contributed by atoms with Crippen LogP contribution in [0.1, 0.15) is 37.5 Å². The van der Waals surface area contributed by atoms with Crippen LogP contribution < -0.4 is 14.4 Å². The van der Waals surface area contributed by atoms with Crippen molar-refractivity contribution < 1.29 is 22.7 Å². The van der Waals surface area contributed by atoms with Gasteiger partial charge in [0.25, 0.3) is 10.0 Å². The van der Waals surface area contributed by atoms with Crippen molar-refractivity contribution >= 4 is 27.5 Å². The molecular formula is C36H41N3O5S. The monoisotopic (exact) mass is 627 g/mol. The minimum Gasteiger partial charge on any atom is -0.497 e. The highest BCUT2D eigenvalue weighted by molar-refractivity contribution is 7.92. The maximum absolute atomic E-state index is 14.5. The van der Waals surface area contributed by atoms with Crippen molar-refractivity contribution in [1.29, 1.82) is 0 Å². The van der Waals surface area contributed by atoms with Crippen LogP contribution in [0.3, 0.4) is 0 Å². The molecule has 8 nitrogen and oxygen atoms in total. The van der Waals surface area contributed by atoms with Crippen molar-refractivity contribution in [3.63, 3.8) is 0 Å². The molecular weight excluding hydrogens is 586 g/mol. The number of nitrogens with zero attached hydrogens (tertiary/aromatic N) is 2. The number of amides is 2. The highest BCUT2D eigenvalue weighted by Crippen LogP contribution is 2.26. The third kappa shape index (κ3) is 8.95. The minimum atomic E-state index is -4.15. The molecule has 0 bridgehead atoms. The normalized spacial score (nSPS) is 12.2. The van der Waals surface area contributed by atoms with Gasteiger partial charge in [-0.3, -0.25) is 13.9 Å². The van der Waals surface area contributed by atoms with Crippen LogP contribution in [0, 0.1) is 6.92 Å². The lowest BCUT2D eigenvalue weighted by molar-refractivity contribution is -0.140. The maximum Gasteiger partial charge on any atom is 0.264 e. The van der Waals surface area contributed by atoms with Gasteiger partial charge in [0.2, 0.25) is 11.8 Å². The molecule has 9 heteroatoms. The Hall–Kier alpha value is -4.63. The highest BCUT2D eigenvalue weighted by Gasteiger charge is 2.35. The summed E-state index contributed by atoms with van der Waals surface area (Å²) in [7, 11) is -2.59. The molecule has 0 aliphatic carbocycles. The van der Waals surface area contributed by atoms with E-state index < -0.39 is 34.1 Å². The predicted molar refractivity (Wildman–Crippen MR) is 178 cm³/mol. The van der Waals surface area contributed by atoms with Gasteiger partial charge in [-0.1, -0.05) is 78.4 Å². The smallest absolute Gasteiger partial charge is 0.264 e. The average molecular weight is 628 g/mol. The number of nitrogens with one attached hydrogen (secondary N) is 1.